The van der Waals surface area contributed by atoms with Crippen LogP contribution in [0, 0.1) is 25.5 Å². The summed E-state index contributed by atoms with van der Waals surface area (Å²) < 4.78 is 36.5. The fraction of sp³-hybridized carbons (Fsp3) is 0.375. The van der Waals surface area contributed by atoms with Crippen LogP contribution in [0.3, 0.4) is 0 Å². The van der Waals surface area contributed by atoms with Crippen LogP contribution in [0.15, 0.2) is 22.7 Å². The van der Waals surface area contributed by atoms with Crippen molar-refractivity contribution in [3.63, 3.8) is 0 Å². The quantitative estimate of drug-likeness (QED) is 0.887. The first-order valence-corrected chi connectivity index (χ1v) is 7.15. The van der Waals surface area contributed by atoms with Gasteiger partial charge in [-0.3, -0.25) is 4.79 Å². The van der Waals surface area contributed by atoms with Crippen LogP contribution in [-0.4, -0.2) is 23.7 Å². The number of benzene rings is 1. The first kappa shape index (κ1) is 16.9. The third kappa shape index (κ3) is 4.51. The van der Waals surface area contributed by atoms with Gasteiger partial charge in [0.15, 0.2) is 11.6 Å². The summed E-state index contributed by atoms with van der Waals surface area (Å²) in [5.74, 6) is -1.11. The SMILES string of the molecule is Cc1noc(C)c1CC(=O)N[C@@H](C)COc1ccc(F)cc1F. The predicted molar refractivity (Wildman–Crippen MR) is 79.1 cm³/mol. The molecule has 1 atom stereocenters. The Morgan fingerprint density at radius 2 is 2.13 bits per heavy atom. The molecule has 1 N–H and O–H groups in total. The second-order valence-electron chi connectivity index (χ2n) is 5.33. The van der Waals surface area contributed by atoms with E-state index >= 15 is 0 Å². The van der Waals surface area contributed by atoms with Crippen LogP contribution in [0.1, 0.15) is 23.9 Å². The molecule has 124 valence electrons. The standard InChI is InChI=1S/C16H18F2N2O3/c1-9(8-22-15-5-4-12(17)6-14(15)18)19-16(21)7-13-10(2)20-23-11(13)3/h4-6,9H,7-8H2,1-3H3,(H,19,21)/t9-/m0/s1. The van der Waals surface area contributed by atoms with E-state index in [1.165, 1.54) is 6.07 Å². The van der Waals surface area contributed by atoms with Gasteiger partial charge >= 0.3 is 0 Å². The van der Waals surface area contributed by atoms with Crippen LogP contribution < -0.4 is 10.1 Å². The number of rotatable bonds is 6. The molecule has 1 aromatic heterocycles. The van der Waals surface area contributed by atoms with Gasteiger partial charge in [0.2, 0.25) is 5.91 Å². The molecule has 0 radical (unpaired) electrons. The van der Waals surface area contributed by atoms with E-state index in [4.69, 9.17) is 9.26 Å². The number of carbonyl (C=O) groups excluding carboxylic acids is 1. The van der Waals surface area contributed by atoms with Crippen molar-refractivity contribution in [1.29, 1.82) is 0 Å². The second-order valence-corrected chi connectivity index (χ2v) is 5.33. The van der Waals surface area contributed by atoms with Gasteiger partial charge < -0.3 is 14.6 Å². The Kier molecular flexibility index (Phi) is 5.31. The number of ether oxygens (including phenoxy) is 1. The highest BCUT2D eigenvalue weighted by Crippen LogP contribution is 2.17. The smallest absolute Gasteiger partial charge is 0.224 e. The van der Waals surface area contributed by atoms with Crippen molar-refractivity contribution in [2.45, 2.75) is 33.2 Å². The van der Waals surface area contributed by atoms with Crippen LogP contribution in [0.25, 0.3) is 0 Å². The third-order valence-electron chi connectivity index (χ3n) is 3.31. The maximum Gasteiger partial charge on any atom is 0.224 e. The number of hydrogen-bond donors (Lipinski definition) is 1. The minimum absolute atomic E-state index is 0.0572. The molecule has 0 spiro atoms. The molecule has 1 aromatic carbocycles. The van der Waals surface area contributed by atoms with E-state index in [1.54, 1.807) is 20.8 Å². The van der Waals surface area contributed by atoms with Crippen molar-refractivity contribution in [3.05, 3.63) is 46.9 Å². The molecule has 0 fully saturated rings. The number of aromatic nitrogens is 1. The van der Waals surface area contributed by atoms with Gasteiger partial charge in [0.05, 0.1) is 18.2 Å². The number of nitrogens with zero attached hydrogens (tertiary/aromatic N) is 1. The molecule has 0 bridgehead atoms. The largest absolute Gasteiger partial charge is 0.488 e. The molecule has 23 heavy (non-hydrogen) atoms. The molecule has 2 rings (SSSR count). The third-order valence-corrected chi connectivity index (χ3v) is 3.31. The molecule has 0 saturated carbocycles. The Balaban J connectivity index is 1.84. The lowest BCUT2D eigenvalue weighted by atomic mass is 10.1. The van der Waals surface area contributed by atoms with Crippen molar-refractivity contribution >= 4 is 5.91 Å². The fourth-order valence-corrected chi connectivity index (χ4v) is 2.09. The van der Waals surface area contributed by atoms with Gasteiger partial charge in [0.1, 0.15) is 18.2 Å². The summed E-state index contributed by atoms with van der Waals surface area (Å²) in [5, 5.41) is 6.53. The zero-order chi connectivity index (χ0) is 17.0. The Morgan fingerprint density at radius 3 is 2.74 bits per heavy atom. The van der Waals surface area contributed by atoms with E-state index in [2.05, 4.69) is 10.5 Å². The number of carbonyl (C=O) groups is 1. The molecular formula is C16H18F2N2O3. The molecule has 2 aromatic rings. The maximum absolute atomic E-state index is 13.4. The van der Waals surface area contributed by atoms with E-state index in [9.17, 15) is 13.6 Å². The highest BCUT2D eigenvalue weighted by Gasteiger charge is 2.15. The Labute approximate surface area is 132 Å². The summed E-state index contributed by atoms with van der Waals surface area (Å²) in [5.41, 5.74) is 1.43. The topological polar surface area (TPSA) is 64.4 Å². The van der Waals surface area contributed by atoms with Crippen molar-refractivity contribution in [2.24, 2.45) is 0 Å². The normalized spacial score (nSPS) is 12.0. The molecule has 7 heteroatoms. The molecule has 5 nitrogen and oxygen atoms in total. The Morgan fingerprint density at radius 1 is 1.39 bits per heavy atom. The van der Waals surface area contributed by atoms with E-state index in [0.29, 0.717) is 11.5 Å². The Hall–Kier alpha value is -2.44. The fourth-order valence-electron chi connectivity index (χ4n) is 2.09. The van der Waals surface area contributed by atoms with Crippen LogP contribution in [-0.2, 0) is 11.2 Å². The first-order chi connectivity index (χ1) is 10.9. The molecular weight excluding hydrogens is 306 g/mol. The summed E-state index contributed by atoms with van der Waals surface area (Å²) in [6.45, 7) is 5.30. The molecule has 0 aliphatic heterocycles. The molecule has 0 unspecified atom stereocenters. The van der Waals surface area contributed by atoms with E-state index in [0.717, 1.165) is 17.7 Å². The maximum atomic E-state index is 13.4. The van der Waals surface area contributed by atoms with Crippen LogP contribution in [0.2, 0.25) is 0 Å². The minimum Gasteiger partial charge on any atom is -0.488 e. The number of amides is 1. The molecule has 1 amide bonds. The number of nitrogens with one attached hydrogen (secondary N) is 1. The zero-order valence-corrected chi connectivity index (χ0v) is 13.2. The highest BCUT2D eigenvalue weighted by molar-refractivity contribution is 5.79. The van der Waals surface area contributed by atoms with Crippen LogP contribution in [0.5, 0.6) is 5.75 Å². The van der Waals surface area contributed by atoms with Gasteiger partial charge in [-0.05, 0) is 32.9 Å². The summed E-state index contributed by atoms with van der Waals surface area (Å²) in [6, 6.07) is 2.73. The van der Waals surface area contributed by atoms with Gasteiger partial charge in [-0.15, -0.1) is 0 Å². The molecule has 1 heterocycles. The summed E-state index contributed by atoms with van der Waals surface area (Å²) in [7, 11) is 0. The minimum atomic E-state index is -0.778. The lowest BCUT2D eigenvalue weighted by molar-refractivity contribution is -0.121. The zero-order valence-electron chi connectivity index (χ0n) is 13.2. The summed E-state index contributed by atoms with van der Waals surface area (Å²) in [6.07, 6.45) is 0.149. The van der Waals surface area contributed by atoms with E-state index < -0.39 is 11.6 Å². The molecule has 0 aliphatic rings. The predicted octanol–water partition coefficient (Wildman–Crippen LogP) is 2.70. The van der Waals surface area contributed by atoms with Crippen molar-refractivity contribution in [1.82, 2.24) is 10.5 Å². The van der Waals surface area contributed by atoms with Gasteiger partial charge in [-0.25, -0.2) is 8.78 Å². The second kappa shape index (κ2) is 7.21. The van der Waals surface area contributed by atoms with Crippen molar-refractivity contribution in [3.8, 4) is 5.75 Å². The van der Waals surface area contributed by atoms with Gasteiger partial charge in [-0.1, -0.05) is 5.16 Å². The van der Waals surface area contributed by atoms with Gasteiger partial charge in [-0.2, -0.15) is 0 Å². The van der Waals surface area contributed by atoms with Crippen LogP contribution in [0.4, 0.5) is 8.78 Å². The van der Waals surface area contributed by atoms with Crippen molar-refractivity contribution in [2.75, 3.05) is 6.61 Å². The Bertz CT molecular complexity index is 681. The molecule has 0 aliphatic carbocycles. The summed E-state index contributed by atoms with van der Waals surface area (Å²) in [4.78, 5) is 12.0. The summed E-state index contributed by atoms with van der Waals surface area (Å²) >= 11 is 0. The lowest BCUT2D eigenvalue weighted by Crippen LogP contribution is -2.37. The monoisotopic (exact) mass is 324 g/mol. The first-order valence-electron chi connectivity index (χ1n) is 7.15. The van der Waals surface area contributed by atoms with E-state index in [-0.39, 0.29) is 30.7 Å². The van der Waals surface area contributed by atoms with E-state index in [1.807, 2.05) is 0 Å². The highest BCUT2D eigenvalue weighted by atomic mass is 19.1. The lowest BCUT2D eigenvalue weighted by Gasteiger charge is -2.15. The number of aryl methyl sites for hydroxylation is 2. The van der Waals surface area contributed by atoms with Gasteiger partial charge in [0, 0.05) is 11.6 Å². The van der Waals surface area contributed by atoms with Gasteiger partial charge in [0.25, 0.3) is 0 Å². The number of halogens is 2. The van der Waals surface area contributed by atoms with Crippen LogP contribution >= 0.6 is 0 Å². The average Bonchev–Trinajstić information content (AvgIpc) is 2.78. The number of hydrogen-bond acceptors (Lipinski definition) is 4. The molecule has 0 saturated heterocycles. The van der Waals surface area contributed by atoms with Crippen molar-refractivity contribution < 1.29 is 22.8 Å². The average molecular weight is 324 g/mol.